The fourth-order valence-electron chi connectivity index (χ4n) is 0.929. The molecule has 1 aliphatic heterocycles. The molecule has 0 aromatic rings. The van der Waals surface area contributed by atoms with E-state index in [2.05, 4.69) is 33.4 Å². The maximum Gasteiger partial charge on any atom is 0.417 e. The Morgan fingerprint density at radius 3 is 2.47 bits per heavy atom. The minimum atomic E-state index is -1.03. The van der Waals surface area contributed by atoms with Crippen molar-refractivity contribution in [2.75, 3.05) is 0 Å². The first-order valence-electron chi connectivity index (χ1n) is 4.83. The van der Waals surface area contributed by atoms with Crippen molar-refractivity contribution in [1.29, 1.82) is 0 Å². The third kappa shape index (κ3) is 5.34. The van der Waals surface area contributed by atoms with Crippen molar-refractivity contribution >= 4 is 11.9 Å². The molecule has 86 valence electrons. The molecular formula is C9H14O6. The number of carbonyl (C=O) groups is 2. The third-order valence-electron chi connectivity index (χ3n) is 1.76. The number of hydrogen-bond acceptors (Lipinski definition) is 6. The Hall–Kier alpha value is -1.14. The quantitative estimate of drug-likeness (QED) is 0.390. The highest BCUT2D eigenvalue weighted by atomic mass is 17.4. The van der Waals surface area contributed by atoms with Crippen molar-refractivity contribution in [1.82, 2.24) is 0 Å². The van der Waals surface area contributed by atoms with Crippen LogP contribution in [0.5, 0.6) is 0 Å². The lowest BCUT2D eigenvalue weighted by Crippen LogP contribution is -2.15. The van der Waals surface area contributed by atoms with E-state index >= 15 is 0 Å². The smallest absolute Gasteiger partial charge is 0.247 e. The molecule has 1 aliphatic rings. The molecule has 0 aromatic heterocycles. The summed E-state index contributed by atoms with van der Waals surface area (Å²) in [5, 5.41) is 0. The van der Waals surface area contributed by atoms with E-state index in [4.69, 9.17) is 0 Å². The highest BCUT2D eigenvalue weighted by molar-refractivity contribution is 5.75. The topological polar surface area (TPSA) is 77.7 Å². The van der Waals surface area contributed by atoms with Crippen molar-refractivity contribution in [3.63, 3.8) is 0 Å². The Kier molecular flexibility index (Phi) is 4.51. The van der Waals surface area contributed by atoms with Crippen molar-refractivity contribution in [2.24, 2.45) is 5.92 Å². The van der Waals surface area contributed by atoms with Crippen LogP contribution in [0.2, 0.25) is 0 Å². The molecule has 1 saturated heterocycles. The summed E-state index contributed by atoms with van der Waals surface area (Å²) in [5.41, 5.74) is 0. The van der Waals surface area contributed by atoms with E-state index in [1.165, 1.54) is 0 Å². The van der Waals surface area contributed by atoms with E-state index < -0.39 is 18.2 Å². The van der Waals surface area contributed by atoms with Crippen molar-refractivity contribution in [2.45, 2.75) is 39.4 Å². The molecule has 1 rings (SSSR count). The predicted molar refractivity (Wildman–Crippen MR) is 46.8 cm³/mol. The number of rotatable bonds is 5. The van der Waals surface area contributed by atoms with Gasteiger partial charge in [-0.1, -0.05) is 20.3 Å². The van der Waals surface area contributed by atoms with Crippen LogP contribution in [0.3, 0.4) is 0 Å². The fraction of sp³-hybridized carbons (Fsp3) is 0.778. The van der Waals surface area contributed by atoms with Crippen LogP contribution >= 0.6 is 0 Å². The number of hydrogen-bond donors (Lipinski definition) is 0. The summed E-state index contributed by atoms with van der Waals surface area (Å²) in [6, 6.07) is 0. The minimum Gasteiger partial charge on any atom is -0.247 e. The van der Waals surface area contributed by atoms with Crippen LogP contribution in [-0.4, -0.2) is 18.2 Å². The molecule has 1 heterocycles. The monoisotopic (exact) mass is 218 g/mol. The zero-order valence-electron chi connectivity index (χ0n) is 8.73. The van der Waals surface area contributed by atoms with Gasteiger partial charge in [0.25, 0.3) is 0 Å². The molecule has 0 unspecified atom stereocenters. The summed E-state index contributed by atoms with van der Waals surface area (Å²) in [4.78, 5) is 38.4. The van der Waals surface area contributed by atoms with Gasteiger partial charge < -0.3 is 0 Å². The van der Waals surface area contributed by atoms with Crippen LogP contribution in [-0.2, 0) is 29.1 Å². The summed E-state index contributed by atoms with van der Waals surface area (Å²) in [6.45, 7) is 4.13. The van der Waals surface area contributed by atoms with Crippen LogP contribution < -0.4 is 0 Å². The molecule has 0 aromatic carbocycles. The molecule has 0 amide bonds. The van der Waals surface area contributed by atoms with Gasteiger partial charge in [0.05, 0.1) is 6.42 Å². The van der Waals surface area contributed by atoms with E-state index in [0.29, 0.717) is 12.3 Å². The normalized spacial score (nSPS) is 15.1. The highest BCUT2D eigenvalue weighted by Crippen LogP contribution is 2.14. The lowest BCUT2D eigenvalue weighted by atomic mass is 10.1. The Morgan fingerprint density at radius 1 is 1.27 bits per heavy atom. The first kappa shape index (κ1) is 11.9. The SMILES string of the molecule is CC(C)CCCC(=O)OOC(=O)C1OO1. The molecule has 0 saturated carbocycles. The lowest BCUT2D eigenvalue weighted by Gasteiger charge is -2.03. The van der Waals surface area contributed by atoms with Gasteiger partial charge in [-0.25, -0.2) is 19.4 Å². The Labute approximate surface area is 87.3 Å². The van der Waals surface area contributed by atoms with Gasteiger partial charge in [-0.15, -0.1) is 0 Å². The summed E-state index contributed by atoms with van der Waals surface area (Å²) in [7, 11) is 0. The standard InChI is InChI=1S/C9H14O6/c1-6(2)4-3-5-7(10)12-13-8(11)9-14-15-9/h6,9H,3-5H2,1-2H3. The fourth-order valence-corrected chi connectivity index (χ4v) is 0.929. The third-order valence-corrected chi connectivity index (χ3v) is 1.76. The van der Waals surface area contributed by atoms with Gasteiger partial charge in [0.1, 0.15) is 0 Å². The van der Waals surface area contributed by atoms with Gasteiger partial charge in [0.15, 0.2) is 0 Å². The average Bonchev–Trinajstić information content (AvgIpc) is 2.96. The molecule has 0 spiro atoms. The molecule has 6 nitrogen and oxygen atoms in total. The Balaban J connectivity index is 2.00. The van der Waals surface area contributed by atoms with Gasteiger partial charge in [-0.05, 0) is 12.3 Å². The van der Waals surface area contributed by atoms with Gasteiger partial charge in [0, 0.05) is 0 Å². The van der Waals surface area contributed by atoms with Gasteiger partial charge >= 0.3 is 18.2 Å². The summed E-state index contributed by atoms with van der Waals surface area (Å²) < 4.78 is 0. The second-order valence-electron chi connectivity index (χ2n) is 3.67. The van der Waals surface area contributed by atoms with E-state index in [1.807, 2.05) is 0 Å². The summed E-state index contributed by atoms with van der Waals surface area (Å²) >= 11 is 0. The van der Waals surface area contributed by atoms with E-state index in [0.717, 1.165) is 6.42 Å². The van der Waals surface area contributed by atoms with Crippen molar-refractivity contribution in [3.8, 4) is 0 Å². The Bertz CT molecular complexity index is 233. The maximum atomic E-state index is 11.0. The molecule has 0 atom stereocenters. The molecule has 0 N–H and O–H groups in total. The lowest BCUT2D eigenvalue weighted by molar-refractivity contribution is -0.260. The molecule has 0 aliphatic carbocycles. The molecule has 1 fully saturated rings. The van der Waals surface area contributed by atoms with Crippen molar-refractivity contribution < 1.29 is 29.1 Å². The average molecular weight is 218 g/mol. The van der Waals surface area contributed by atoms with Gasteiger partial charge in [0.2, 0.25) is 0 Å². The molecular weight excluding hydrogens is 204 g/mol. The van der Waals surface area contributed by atoms with Crippen LogP contribution in [0.1, 0.15) is 33.1 Å². The maximum absolute atomic E-state index is 11.0. The van der Waals surface area contributed by atoms with Crippen LogP contribution in [0.25, 0.3) is 0 Å². The van der Waals surface area contributed by atoms with E-state index in [9.17, 15) is 9.59 Å². The van der Waals surface area contributed by atoms with Crippen molar-refractivity contribution in [3.05, 3.63) is 0 Å². The largest absolute Gasteiger partial charge is 0.417 e. The summed E-state index contributed by atoms with van der Waals surface area (Å²) in [6.07, 6.45) is 0.841. The Morgan fingerprint density at radius 2 is 1.93 bits per heavy atom. The van der Waals surface area contributed by atoms with Crippen LogP contribution in [0.4, 0.5) is 0 Å². The van der Waals surface area contributed by atoms with E-state index in [1.54, 1.807) is 0 Å². The molecule has 15 heavy (non-hydrogen) atoms. The summed E-state index contributed by atoms with van der Waals surface area (Å²) in [5.74, 6) is -0.884. The van der Waals surface area contributed by atoms with Gasteiger partial charge in [-0.2, -0.15) is 9.78 Å². The van der Waals surface area contributed by atoms with E-state index in [-0.39, 0.29) is 6.42 Å². The zero-order valence-corrected chi connectivity index (χ0v) is 8.73. The second-order valence-corrected chi connectivity index (χ2v) is 3.67. The van der Waals surface area contributed by atoms with Crippen LogP contribution in [0, 0.1) is 5.92 Å². The number of carbonyl (C=O) groups excluding carboxylic acids is 2. The molecule has 6 heteroatoms. The first-order valence-corrected chi connectivity index (χ1v) is 4.83. The minimum absolute atomic E-state index is 0.234. The van der Waals surface area contributed by atoms with Crippen LogP contribution in [0.15, 0.2) is 0 Å². The molecule has 0 radical (unpaired) electrons. The highest BCUT2D eigenvalue weighted by Gasteiger charge is 2.38. The molecule has 0 bridgehead atoms. The van der Waals surface area contributed by atoms with Gasteiger partial charge in [-0.3, -0.25) is 0 Å². The zero-order chi connectivity index (χ0) is 11.3. The predicted octanol–water partition coefficient (Wildman–Crippen LogP) is 1.10. The first-order chi connectivity index (χ1) is 7.09. The second kappa shape index (κ2) is 5.67.